The highest BCUT2D eigenvalue weighted by Crippen LogP contribution is 2.27. The van der Waals surface area contributed by atoms with Crippen molar-refractivity contribution in [3.63, 3.8) is 0 Å². The maximum Gasteiger partial charge on any atom is 0.245 e. The molecule has 5 nitrogen and oxygen atoms in total. The molecule has 0 saturated carbocycles. The smallest absolute Gasteiger partial charge is 0.245 e. The molecule has 2 saturated heterocycles. The normalized spacial score (nSPS) is 22.1. The van der Waals surface area contributed by atoms with Crippen LogP contribution in [0.5, 0.6) is 0 Å². The molecule has 0 radical (unpaired) electrons. The van der Waals surface area contributed by atoms with Gasteiger partial charge in [0.1, 0.15) is 6.04 Å². The highest BCUT2D eigenvalue weighted by atomic mass is 16.2. The molecule has 5 heteroatoms. The molecule has 0 spiro atoms. The van der Waals surface area contributed by atoms with Crippen LogP contribution in [0.4, 0.5) is 5.69 Å². The summed E-state index contributed by atoms with van der Waals surface area (Å²) >= 11 is 0. The maximum atomic E-state index is 12.7. The van der Waals surface area contributed by atoms with E-state index in [-0.39, 0.29) is 11.9 Å². The summed E-state index contributed by atoms with van der Waals surface area (Å²) in [6.07, 6.45) is 1.93. The lowest BCUT2D eigenvalue weighted by Crippen LogP contribution is -2.52. The lowest BCUT2D eigenvalue weighted by Gasteiger charge is -2.33. The van der Waals surface area contributed by atoms with Crippen molar-refractivity contribution in [3.05, 3.63) is 29.8 Å². The molecule has 2 aliphatic heterocycles. The van der Waals surface area contributed by atoms with Crippen molar-refractivity contribution in [1.29, 1.82) is 5.26 Å². The molecule has 2 fully saturated rings. The largest absolute Gasteiger partial charge is 0.359 e. The van der Waals surface area contributed by atoms with Gasteiger partial charge in [-0.3, -0.25) is 4.79 Å². The fourth-order valence-electron chi connectivity index (χ4n) is 3.18. The number of benzene rings is 1. The Morgan fingerprint density at radius 3 is 2.86 bits per heavy atom. The van der Waals surface area contributed by atoms with Crippen LogP contribution in [0.2, 0.25) is 0 Å². The first-order valence-corrected chi connectivity index (χ1v) is 7.56. The molecular formula is C16H20N4O. The zero-order valence-electron chi connectivity index (χ0n) is 12.1. The van der Waals surface area contributed by atoms with Crippen molar-refractivity contribution in [2.75, 3.05) is 37.6 Å². The first-order valence-electron chi connectivity index (χ1n) is 7.56. The molecule has 0 aromatic heterocycles. The van der Waals surface area contributed by atoms with Crippen molar-refractivity contribution in [2.24, 2.45) is 0 Å². The van der Waals surface area contributed by atoms with Crippen LogP contribution >= 0.6 is 0 Å². The Hall–Kier alpha value is -2.06. The quantitative estimate of drug-likeness (QED) is 0.879. The van der Waals surface area contributed by atoms with Crippen LogP contribution in [-0.2, 0) is 4.79 Å². The van der Waals surface area contributed by atoms with Crippen molar-refractivity contribution in [3.8, 4) is 6.07 Å². The molecule has 1 amide bonds. The van der Waals surface area contributed by atoms with E-state index in [1.165, 1.54) is 0 Å². The van der Waals surface area contributed by atoms with Gasteiger partial charge in [0.05, 0.1) is 11.6 Å². The second kappa shape index (κ2) is 6.15. The molecule has 1 unspecified atom stereocenters. The van der Waals surface area contributed by atoms with E-state index in [1.54, 1.807) is 6.07 Å². The van der Waals surface area contributed by atoms with Gasteiger partial charge in [-0.15, -0.1) is 0 Å². The number of hydrogen-bond acceptors (Lipinski definition) is 4. The van der Waals surface area contributed by atoms with Gasteiger partial charge < -0.3 is 15.1 Å². The Balaban J connectivity index is 1.78. The van der Waals surface area contributed by atoms with Crippen LogP contribution in [0, 0.1) is 11.3 Å². The number of nitrogens with zero attached hydrogens (tertiary/aromatic N) is 3. The van der Waals surface area contributed by atoms with Crippen LogP contribution in [0.25, 0.3) is 0 Å². The van der Waals surface area contributed by atoms with Gasteiger partial charge in [0.15, 0.2) is 0 Å². The summed E-state index contributed by atoms with van der Waals surface area (Å²) in [6.45, 7) is 4.23. The second-order valence-electron chi connectivity index (χ2n) is 5.59. The summed E-state index contributed by atoms with van der Waals surface area (Å²) in [4.78, 5) is 16.9. The third-order valence-corrected chi connectivity index (χ3v) is 4.27. The minimum absolute atomic E-state index is 0.0722. The number of hydrogen-bond donors (Lipinski definition) is 1. The number of piperazine rings is 1. The van der Waals surface area contributed by atoms with E-state index in [9.17, 15) is 4.79 Å². The van der Waals surface area contributed by atoms with E-state index < -0.39 is 0 Å². The maximum absolute atomic E-state index is 12.7. The topological polar surface area (TPSA) is 59.4 Å². The van der Waals surface area contributed by atoms with Crippen LogP contribution in [-0.4, -0.2) is 49.6 Å². The van der Waals surface area contributed by atoms with Crippen LogP contribution in [0.15, 0.2) is 24.3 Å². The number of rotatable bonds is 2. The number of nitriles is 1. The van der Waals surface area contributed by atoms with Gasteiger partial charge in [0.2, 0.25) is 5.91 Å². The average molecular weight is 284 g/mol. The molecule has 0 bridgehead atoms. The molecule has 1 aromatic rings. The zero-order chi connectivity index (χ0) is 14.7. The summed E-state index contributed by atoms with van der Waals surface area (Å²) < 4.78 is 0. The molecular weight excluding hydrogens is 264 g/mol. The average Bonchev–Trinajstić information content (AvgIpc) is 3.04. The Bertz CT molecular complexity index is 560. The predicted octanol–water partition coefficient (Wildman–Crippen LogP) is 0.959. The van der Waals surface area contributed by atoms with Gasteiger partial charge in [-0.2, -0.15) is 5.26 Å². The summed E-state index contributed by atoms with van der Waals surface area (Å²) in [5, 5.41) is 12.3. The monoisotopic (exact) mass is 284 g/mol. The highest BCUT2D eigenvalue weighted by molar-refractivity contribution is 5.86. The number of nitrogens with one attached hydrogen (secondary N) is 1. The minimum atomic E-state index is -0.0722. The number of amides is 1. The van der Waals surface area contributed by atoms with Crippen molar-refractivity contribution >= 4 is 11.6 Å². The van der Waals surface area contributed by atoms with Crippen LogP contribution in [0.1, 0.15) is 18.4 Å². The standard InChI is InChI=1S/C16H20N4O/c17-12-13-3-1-4-14(11-13)20-8-2-5-15(20)16(21)19-9-6-18-7-10-19/h1,3-4,11,15,18H,2,5-10H2. The molecule has 110 valence electrons. The number of carbonyl (C=O) groups excluding carboxylic acids is 1. The van der Waals surface area contributed by atoms with Gasteiger partial charge in [0.25, 0.3) is 0 Å². The van der Waals surface area contributed by atoms with Crippen molar-refractivity contribution in [2.45, 2.75) is 18.9 Å². The fourth-order valence-corrected chi connectivity index (χ4v) is 3.18. The minimum Gasteiger partial charge on any atom is -0.359 e. The molecule has 2 heterocycles. The first kappa shape index (κ1) is 13.9. The van der Waals surface area contributed by atoms with E-state index in [1.807, 2.05) is 23.1 Å². The third-order valence-electron chi connectivity index (χ3n) is 4.27. The molecule has 3 rings (SSSR count). The Labute approximate surface area is 125 Å². The summed E-state index contributed by atoms with van der Waals surface area (Å²) in [7, 11) is 0. The van der Waals surface area contributed by atoms with E-state index >= 15 is 0 Å². The Morgan fingerprint density at radius 2 is 2.10 bits per heavy atom. The summed E-state index contributed by atoms with van der Waals surface area (Å²) in [5.41, 5.74) is 1.63. The van der Waals surface area contributed by atoms with Crippen LogP contribution < -0.4 is 10.2 Å². The first-order chi connectivity index (χ1) is 10.3. The molecule has 0 aliphatic carbocycles. The predicted molar refractivity (Wildman–Crippen MR) is 81.0 cm³/mol. The summed E-state index contributed by atoms with van der Waals surface area (Å²) in [5.74, 6) is 0.233. The van der Waals surface area contributed by atoms with E-state index in [4.69, 9.17) is 5.26 Å². The molecule has 1 N–H and O–H groups in total. The Morgan fingerprint density at radius 1 is 1.29 bits per heavy atom. The highest BCUT2D eigenvalue weighted by Gasteiger charge is 2.34. The van der Waals surface area contributed by atoms with Crippen molar-refractivity contribution in [1.82, 2.24) is 10.2 Å². The van der Waals surface area contributed by atoms with E-state index in [0.717, 1.165) is 51.3 Å². The molecule has 2 aliphatic rings. The number of anilines is 1. The van der Waals surface area contributed by atoms with Crippen molar-refractivity contribution < 1.29 is 4.79 Å². The molecule has 1 atom stereocenters. The lowest BCUT2D eigenvalue weighted by molar-refractivity contribution is -0.132. The Kier molecular flexibility index (Phi) is 4.07. The van der Waals surface area contributed by atoms with E-state index in [0.29, 0.717) is 5.56 Å². The van der Waals surface area contributed by atoms with Gasteiger partial charge in [-0.25, -0.2) is 0 Å². The second-order valence-corrected chi connectivity index (χ2v) is 5.59. The third kappa shape index (κ3) is 2.86. The van der Waals surface area contributed by atoms with Gasteiger partial charge >= 0.3 is 0 Å². The number of carbonyl (C=O) groups is 1. The van der Waals surface area contributed by atoms with E-state index in [2.05, 4.69) is 16.3 Å². The van der Waals surface area contributed by atoms with Gasteiger partial charge in [-0.05, 0) is 31.0 Å². The zero-order valence-corrected chi connectivity index (χ0v) is 12.1. The summed E-state index contributed by atoms with van der Waals surface area (Å²) in [6, 6.07) is 9.65. The SMILES string of the molecule is N#Cc1cccc(N2CCCC2C(=O)N2CCNCC2)c1. The van der Waals surface area contributed by atoms with Gasteiger partial charge in [0, 0.05) is 38.4 Å². The molecule has 21 heavy (non-hydrogen) atoms. The lowest BCUT2D eigenvalue weighted by atomic mass is 10.1. The van der Waals surface area contributed by atoms with Crippen LogP contribution in [0.3, 0.4) is 0 Å². The fraction of sp³-hybridized carbons (Fsp3) is 0.500. The molecule has 1 aromatic carbocycles. The van der Waals surface area contributed by atoms with Gasteiger partial charge in [-0.1, -0.05) is 6.07 Å².